The molecule has 0 aromatic carbocycles. The van der Waals surface area contributed by atoms with Gasteiger partial charge < -0.3 is 5.73 Å². The highest BCUT2D eigenvalue weighted by Gasteiger charge is 2.07. The SMILES string of the molecule is Nc1cc(-c2nnc3ccccn23)ccn1. The van der Waals surface area contributed by atoms with Gasteiger partial charge in [-0.3, -0.25) is 4.40 Å². The first-order valence-corrected chi connectivity index (χ1v) is 4.86. The van der Waals surface area contributed by atoms with Crippen LogP contribution in [0, 0.1) is 0 Å². The predicted molar refractivity (Wildman–Crippen MR) is 60.6 cm³/mol. The van der Waals surface area contributed by atoms with E-state index in [4.69, 9.17) is 5.73 Å². The van der Waals surface area contributed by atoms with Crippen LogP contribution in [0.15, 0.2) is 42.7 Å². The van der Waals surface area contributed by atoms with Gasteiger partial charge in [0.15, 0.2) is 11.5 Å². The Morgan fingerprint density at radius 2 is 2.06 bits per heavy atom. The van der Waals surface area contributed by atoms with Gasteiger partial charge in [-0.2, -0.15) is 0 Å². The van der Waals surface area contributed by atoms with Crippen molar-refractivity contribution in [2.24, 2.45) is 0 Å². The quantitative estimate of drug-likeness (QED) is 0.660. The van der Waals surface area contributed by atoms with E-state index >= 15 is 0 Å². The zero-order valence-corrected chi connectivity index (χ0v) is 8.41. The van der Waals surface area contributed by atoms with Gasteiger partial charge in [0, 0.05) is 18.0 Å². The summed E-state index contributed by atoms with van der Waals surface area (Å²) < 4.78 is 1.91. The molecule has 0 aliphatic rings. The molecule has 78 valence electrons. The second-order valence-corrected chi connectivity index (χ2v) is 3.42. The van der Waals surface area contributed by atoms with Crippen molar-refractivity contribution < 1.29 is 0 Å². The summed E-state index contributed by atoms with van der Waals surface area (Å²) in [7, 11) is 0. The van der Waals surface area contributed by atoms with Gasteiger partial charge in [0.05, 0.1) is 0 Å². The molecule has 0 saturated heterocycles. The molecular formula is C11H9N5. The minimum atomic E-state index is 0.477. The first kappa shape index (κ1) is 8.84. The van der Waals surface area contributed by atoms with Gasteiger partial charge in [-0.05, 0) is 24.3 Å². The molecule has 5 nitrogen and oxygen atoms in total. The Bertz CT molecular complexity index is 643. The summed E-state index contributed by atoms with van der Waals surface area (Å²) >= 11 is 0. The first-order chi connectivity index (χ1) is 7.84. The number of pyridine rings is 2. The normalized spacial score (nSPS) is 10.8. The second-order valence-electron chi connectivity index (χ2n) is 3.42. The number of anilines is 1. The Labute approximate surface area is 91.6 Å². The molecule has 0 aliphatic heterocycles. The summed E-state index contributed by atoms with van der Waals surface area (Å²) in [6.45, 7) is 0. The van der Waals surface area contributed by atoms with E-state index in [0.717, 1.165) is 17.0 Å². The topological polar surface area (TPSA) is 69.1 Å². The van der Waals surface area contributed by atoms with Gasteiger partial charge in [0.25, 0.3) is 0 Å². The lowest BCUT2D eigenvalue weighted by atomic mass is 10.2. The van der Waals surface area contributed by atoms with Crippen molar-refractivity contribution in [3.05, 3.63) is 42.7 Å². The highest BCUT2D eigenvalue weighted by atomic mass is 15.2. The molecular weight excluding hydrogens is 202 g/mol. The van der Waals surface area contributed by atoms with E-state index in [-0.39, 0.29) is 0 Å². The molecule has 3 heterocycles. The summed E-state index contributed by atoms with van der Waals surface area (Å²) in [6.07, 6.45) is 3.58. The zero-order chi connectivity index (χ0) is 11.0. The van der Waals surface area contributed by atoms with Crippen LogP contribution in [0.4, 0.5) is 5.82 Å². The molecule has 3 aromatic rings. The fraction of sp³-hybridized carbons (Fsp3) is 0. The highest BCUT2D eigenvalue weighted by Crippen LogP contribution is 2.18. The Kier molecular flexibility index (Phi) is 1.83. The number of nitrogens with zero attached hydrogens (tertiary/aromatic N) is 4. The molecule has 0 saturated carbocycles. The van der Waals surface area contributed by atoms with Crippen molar-refractivity contribution in [2.45, 2.75) is 0 Å². The fourth-order valence-corrected chi connectivity index (χ4v) is 1.63. The minimum absolute atomic E-state index is 0.477. The fourth-order valence-electron chi connectivity index (χ4n) is 1.63. The Balaban J connectivity index is 2.26. The van der Waals surface area contributed by atoms with Crippen molar-refractivity contribution >= 4 is 11.5 Å². The lowest BCUT2D eigenvalue weighted by Crippen LogP contribution is -1.92. The van der Waals surface area contributed by atoms with E-state index in [0.29, 0.717) is 5.82 Å². The lowest BCUT2D eigenvalue weighted by molar-refractivity contribution is 1.11. The van der Waals surface area contributed by atoms with Crippen LogP contribution in [0.25, 0.3) is 17.0 Å². The largest absolute Gasteiger partial charge is 0.384 e. The summed E-state index contributed by atoms with van der Waals surface area (Å²) in [4.78, 5) is 3.95. The van der Waals surface area contributed by atoms with E-state index in [2.05, 4.69) is 15.2 Å². The predicted octanol–water partition coefficient (Wildman–Crippen LogP) is 1.37. The molecule has 0 fully saturated rings. The van der Waals surface area contributed by atoms with Crippen LogP contribution in [0.5, 0.6) is 0 Å². The standard InChI is InChI=1S/C11H9N5/c12-9-7-8(4-5-13-9)11-15-14-10-3-1-2-6-16(10)11/h1-7H,(H2,12,13). The third-order valence-electron chi connectivity index (χ3n) is 2.35. The van der Waals surface area contributed by atoms with Gasteiger partial charge in [0.2, 0.25) is 0 Å². The van der Waals surface area contributed by atoms with Crippen LogP contribution in [0.3, 0.4) is 0 Å². The van der Waals surface area contributed by atoms with Crippen molar-refractivity contribution in [3.8, 4) is 11.4 Å². The van der Waals surface area contributed by atoms with Crippen LogP contribution in [0.2, 0.25) is 0 Å². The number of nitrogens with two attached hydrogens (primary N) is 1. The maximum absolute atomic E-state index is 5.64. The third-order valence-corrected chi connectivity index (χ3v) is 2.35. The van der Waals surface area contributed by atoms with Crippen LogP contribution in [-0.2, 0) is 0 Å². The van der Waals surface area contributed by atoms with Gasteiger partial charge in [0.1, 0.15) is 5.82 Å². The van der Waals surface area contributed by atoms with Gasteiger partial charge in [-0.15, -0.1) is 10.2 Å². The molecule has 3 rings (SSSR count). The van der Waals surface area contributed by atoms with Crippen LogP contribution < -0.4 is 5.73 Å². The Hall–Kier alpha value is -2.43. The number of nitrogen functional groups attached to an aromatic ring is 1. The molecule has 0 bridgehead atoms. The first-order valence-electron chi connectivity index (χ1n) is 4.86. The summed E-state index contributed by atoms with van der Waals surface area (Å²) in [5.74, 6) is 1.25. The van der Waals surface area contributed by atoms with E-state index < -0.39 is 0 Å². The van der Waals surface area contributed by atoms with Crippen LogP contribution in [-0.4, -0.2) is 19.6 Å². The van der Waals surface area contributed by atoms with Crippen LogP contribution >= 0.6 is 0 Å². The van der Waals surface area contributed by atoms with E-state index in [1.165, 1.54) is 0 Å². The van der Waals surface area contributed by atoms with Crippen molar-refractivity contribution in [1.82, 2.24) is 19.6 Å². The molecule has 3 aromatic heterocycles. The summed E-state index contributed by atoms with van der Waals surface area (Å²) in [6, 6.07) is 9.41. The second kappa shape index (κ2) is 3.30. The van der Waals surface area contributed by atoms with Crippen molar-refractivity contribution in [3.63, 3.8) is 0 Å². The maximum Gasteiger partial charge on any atom is 0.168 e. The van der Waals surface area contributed by atoms with Crippen molar-refractivity contribution in [1.29, 1.82) is 0 Å². The zero-order valence-electron chi connectivity index (χ0n) is 8.41. The molecule has 0 unspecified atom stereocenters. The molecule has 16 heavy (non-hydrogen) atoms. The van der Waals surface area contributed by atoms with Crippen LogP contribution in [0.1, 0.15) is 0 Å². The molecule has 0 spiro atoms. The van der Waals surface area contributed by atoms with E-state index in [1.807, 2.05) is 34.9 Å². The number of fused-ring (bicyclic) bond motifs is 1. The highest BCUT2D eigenvalue weighted by molar-refractivity contribution is 5.61. The number of rotatable bonds is 1. The molecule has 0 amide bonds. The average molecular weight is 211 g/mol. The Morgan fingerprint density at radius 3 is 2.94 bits per heavy atom. The number of aromatic nitrogens is 4. The summed E-state index contributed by atoms with van der Waals surface area (Å²) in [5.41, 5.74) is 7.36. The van der Waals surface area contributed by atoms with Gasteiger partial charge in [-0.25, -0.2) is 4.98 Å². The average Bonchev–Trinajstić information content (AvgIpc) is 2.72. The van der Waals surface area contributed by atoms with E-state index in [1.54, 1.807) is 12.3 Å². The van der Waals surface area contributed by atoms with Crippen molar-refractivity contribution in [2.75, 3.05) is 5.73 Å². The van der Waals surface area contributed by atoms with Gasteiger partial charge in [-0.1, -0.05) is 6.07 Å². The van der Waals surface area contributed by atoms with Gasteiger partial charge >= 0.3 is 0 Å². The molecule has 2 N–H and O–H groups in total. The number of hydrogen-bond donors (Lipinski definition) is 1. The smallest absolute Gasteiger partial charge is 0.168 e. The minimum Gasteiger partial charge on any atom is -0.384 e. The Morgan fingerprint density at radius 1 is 1.12 bits per heavy atom. The number of hydrogen-bond acceptors (Lipinski definition) is 4. The molecule has 0 atom stereocenters. The summed E-state index contributed by atoms with van der Waals surface area (Å²) in [5, 5.41) is 8.21. The molecule has 5 heteroatoms. The molecule has 0 radical (unpaired) electrons. The lowest BCUT2D eigenvalue weighted by Gasteiger charge is -1.99. The monoisotopic (exact) mass is 211 g/mol. The molecule has 0 aliphatic carbocycles. The third kappa shape index (κ3) is 1.30. The maximum atomic E-state index is 5.64. The van der Waals surface area contributed by atoms with E-state index in [9.17, 15) is 0 Å².